The van der Waals surface area contributed by atoms with Gasteiger partial charge in [-0.25, -0.2) is 0 Å². The van der Waals surface area contributed by atoms with E-state index >= 15 is 0 Å². The fourth-order valence-corrected chi connectivity index (χ4v) is 3.07. The third-order valence-electron chi connectivity index (χ3n) is 4.38. The van der Waals surface area contributed by atoms with E-state index in [-0.39, 0.29) is 12.1 Å². The zero-order valence-corrected chi connectivity index (χ0v) is 12.7. The molecule has 0 bridgehead atoms. The first-order valence-corrected chi connectivity index (χ1v) is 7.81. The molecular weight excluding hydrogens is 256 g/mol. The molecule has 2 aromatic carbocycles. The molecule has 0 radical (unpaired) electrons. The molecule has 0 amide bonds. The summed E-state index contributed by atoms with van der Waals surface area (Å²) in [5.41, 5.74) is 9.13. The highest BCUT2D eigenvalue weighted by Crippen LogP contribution is 2.36. The molecule has 0 spiro atoms. The van der Waals surface area contributed by atoms with Crippen LogP contribution >= 0.6 is 0 Å². The molecule has 2 heteroatoms. The molecule has 2 unspecified atom stereocenters. The van der Waals surface area contributed by atoms with Crippen molar-refractivity contribution in [2.75, 3.05) is 13.6 Å². The maximum Gasteiger partial charge on any atom is 0.0538 e. The van der Waals surface area contributed by atoms with Crippen molar-refractivity contribution >= 4 is 0 Å². The van der Waals surface area contributed by atoms with E-state index in [1.165, 1.54) is 24.0 Å². The molecule has 2 aromatic rings. The molecule has 2 atom stereocenters. The Morgan fingerprint density at radius 2 is 1.48 bits per heavy atom. The van der Waals surface area contributed by atoms with E-state index < -0.39 is 0 Å². The smallest absolute Gasteiger partial charge is 0.0538 e. The molecule has 1 fully saturated rings. The number of nitrogens with zero attached hydrogens (tertiary/aromatic N) is 1. The quantitative estimate of drug-likeness (QED) is 0.872. The second kappa shape index (κ2) is 6.42. The molecule has 1 saturated carbocycles. The summed E-state index contributed by atoms with van der Waals surface area (Å²) in [6.45, 7) is 1.14. The summed E-state index contributed by atoms with van der Waals surface area (Å²) in [5.74, 6) is 0.865. The van der Waals surface area contributed by atoms with Gasteiger partial charge in [0, 0.05) is 12.6 Å². The van der Waals surface area contributed by atoms with Crippen LogP contribution < -0.4 is 5.73 Å². The molecule has 2 nitrogen and oxygen atoms in total. The number of likely N-dealkylation sites (N-methyl/N-ethyl adjacent to an activating group) is 1. The van der Waals surface area contributed by atoms with E-state index in [9.17, 15) is 0 Å². The molecule has 2 N–H and O–H groups in total. The van der Waals surface area contributed by atoms with Crippen molar-refractivity contribution in [2.24, 2.45) is 11.7 Å². The Labute approximate surface area is 127 Å². The predicted octanol–water partition coefficient (Wildman–Crippen LogP) is 3.77. The Bertz CT molecular complexity index is 548. The Morgan fingerprint density at radius 1 is 0.952 bits per heavy atom. The van der Waals surface area contributed by atoms with E-state index in [2.05, 4.69) is 66.5 Å². The fraction of sp³-hybridized carbons (Fsp3) is 0.368. The second-order valence-electron chi connectivity index (χ2n) is 6.17. The molecule has 1 aliphatic carbocycles. The van der Waals surface area contributed by atoms with Gasteiger partial charge in [-0.2, -0.15) is 0 Å². The van der Waals surface area contributed by atoms with Crippen LogP contribution in [-0.4, -0.2) is 18.5 Å². The topological polar surface area (TPSA) is 29.3 Å². The highest BCUT2D eigenvalue weighted by molar-refractivity contribution is 5.27. The van der Waals surface area contributed by atoms with Crippen LogP contribution in [0.2, 0.25) is 0 Å². The van der Waals surface area contributed by atoms with Crippen LogP contribution in [0.5, 0.6) is 0 Å². The van der Waals surface area contributed by atoms with Crippen molar-refractivity contribution in [2.45, 2.75) is 24.9 Å². The molecule has 0 saturated heterocycles. The minimum atomic E-state index is -0.00245. The van der Waals surface area contributed by atoms with Gasteiger partial charge in [-0.3, -0.25) is 4.90 Å². The van der Waals surface area contributed by atoms with Crippen LogP contribution in [0.15, 0.2) is 60.7 Å². The van der Waals surface area contributed by atoms with E-state index in [4.69, 9.17) is 5.73 Å². The van der Waals surface area contributed by atoms with Crippen molar-refractivity contribution in [3.05, 3.63) is 71.8 Å². The third kappa shape index (κ3) is 3.52. The normalized spacial score (nSPS) is 17.7. The number of hydrogen-bond acceptors (Lipinski definition) is 2. The number of hydrogen-bond donors (Lipinski definition) is 1. The van der Waals surface area contributed by atoms with Crippen LogP contribution in [0.25, 0.3) is 0 Å². The lowest BCUT2D eigenvalue weighted by atomic mass is 9.93. The van der Waals surface area contributed by atoms with Crippen LogP contribution in [0.4, 0.5) is 0 Å². The third-order valence-corrected chi connectivity index (χ3v) is 4.38. The van der Waals surface area contributed by atoms with Crippen LogP contribution in [0.3, 0.4) is 0 Å². The summed E-state index contributed by atoms with van der Waals surface area (Å²) in [6, 6.07) is 21.3. The summed E-state index contributed by atoms with van der Waals surface area (Å²) in [6.07, 6.45) is 2.73. The van der Waals surface area contributed by atoms with Gasteiger partial charge in [-0.15, -0.1) is 0 Å². The van der Waals surface area contributed by atoms with Crippen molar-refractivity contribution in [1.29, 1.82) is 0 Å². The highest BCUT2D eigenvalue weighted by atomic mass is 15.2. The van der Waals surface area contributed by atoms with Gasteiger partial charge in [0.15, 0.2) is 0 Å². The molecule has 0 aromatic heterocycles. The lowest BCUT2D eigenvalue weighted by Gasteiger charge is -2.33. The Morgan fingerprint density at radius 3 is 2.00 bits per heavy atom. The van der Waals surface area contributed by atoms with Crippen LogP contribution in [0.1, 0.15) is 36.1 Å². The van der Waals surface area contributed by atoms with Gasteiger partial charge in [0.05, 0.1) is 6.04 Å². The Hall–Kier alpha value is -1.64. The highest BCUT2D eigenvalue weighted by Gasteiger charge is 2.30. The maximum absolute atomic E-state index is 6.63. The van der Waals surface area contributed by atoms with Gasteiger partial charge in [0.2, 0.25) is 0 Å². The van der Waals surface area contributed by atoms with Gasteiger partial charge in [0.25, 0.3) is 0 Å². The number of benzene rings is 2. The van der Waals surface area contributed by atoms with Gasteiger partial charge in [-0.05, 0) is 36.9 Å². The van der Waals surface area contributed by atoms with E-state index in [0.29, 0.717) is 0 Å². The van der Waals surface area contributed by atoms with Crippen molar-refractivity contribution in [1.82, 2.24) is 4.90 Å². The van der Waals surface area contributed by atoms with Crippen molar-refractivity contribution in [3.63, 3.8) is 0 Å². The van der Waals surface area contributed by atoms with Crippen LogP contribution in [-0.2, 0) is 0 Å². The minimum absolute atomic E-state index is 0.00245. The van der Waals surface area contributed by atoms with E-state index in [1.54, 1.807) is 0 Å². The molecule has 0 heterocycles. The van der Waals surface area contributed by atoms with Crippen molar-refractivity contribution in [3.8, 4) is 0 Å². The van der Waals surface area contributed by atoms with E-state index in [1.807, 2.05) is 6.07 Å². The predicted molar refractivity (Wildman–Crippen MR) is 87.9 cm³/mol. The summed E-state index contributed by atoms with van der Waals surface area (Å²) in [4.78, 5) is 2.44. The summed E-state index contributed by atoms with van der Waals surface area (Å²) in [7, 11) is 2.21. The zero-order chi connectivity index (χ0) is 14.7. The number of nitrogens with two attached hydrogens (primary N) is 1. The summed E-state index contributed by atoms with van der Waals surface area (Å²) < 4.78 is 0. The average molecular weight is 280 g/mol. The van der Waals surface area contributed by atoms with Gasteiger partial charge >= 0.3 is 0 Å². The first-order valence-electron chi connectivity index (χ1n) is 7.81. The Kier molecular flexibility index (Phi) is 4.37. The SMILES string of the molecule is CN(CC1CC1)C(c1ccccc1)C(N)c1ccccc1. The number of rotatable bonds is 6. The zero-order valence-electron chi connectivity index (χ0n) is 12.7. The molecule has 21 heavy (non-hydrogen) atoms. The molecule has 3 rings (SSSR count). The lowest BCUT2D eigenvalue weighted by Crippen LogP contribution is -2.34. The first-order chi connectivity index (χ1) is 10.3. The maximum atomic E-state index is 6.63. The minimum Gasteiger partial charge on any atom is -0.322 e. The van der Waals surface area contributed by atoms with E-state index in [0.717, 1.165) is 12.5 Å². The second-order valence-corrected chi connectivity index (χ2v) is 6.17. The average Bonchev–Trinajstić information content (AvgIpc) is 3.33. The van der Waals surface area contributed by atoms with Crippen molar-refractivity contribution < 1.29 is 0 Å². The molecular formula is C19H24N2. The monoisotopic (exact) mass is 280 g/mol. The summed E-state index contributed by atoms with van der Waals surface area (Å²) in [5, 5.41) is 0. The van der Waals surface area contributed by atoms with Gasteiger partial charge in [-0.1, -0.05) is 60.7 Å². The first kappa shape index (κ1) is 14.3. The largest absolute Gasteiger partial charge is 0.322 e. The summed E-state index contributed by atoms with van der Waals surface area (Å²) >= 11 is 0. The molecule has 0 aliphatic heterocycles. The van der Waals surface area contributed by atoms with Crippen LogP contribution in [0, 0.1) is 5.92 Å². The lowest BCUT2D eigenvalue weighted by molar-refractivity contribution is 0.205. The van der Waals surface area contributed by atoms with Gasteiger partial charge in [0.1, 0.15) is 0 Å². The van der Waals surface area contributed by atoms with Gasteiger partial charge < -0.3 is 5.73 Å². The standard InChI is InChI=1S/C19H24N2/c1-21(14-15-12-13-15)19(17-10-6-3-7-11-17)18(20)16-8-4-2-5-9-16/h2-11,15,18-19H,12-14,20H2,1H3. The molecule has 110 valence electrons. The fourth-order valence-electron chi connectivity index (χ4n) is 3.07. The molecule has 1 aliphatic rings. The Balaban J connectivity index is 1.87.